The van der Waals surface area contributed by atoms with Crippen molar-refractivity contribution in [3.63, 3.8) is 0 Å². The van der Waals surface area contributed by atoms with Crippen LogP contribution in [0.25, 0.3) is 0 Å². The molecule has 0 aromatic rings. The molecule has 2 saturated heterocycles. The van der Waals surface area contributed by atoms with Crippen LogP contribution in [0, 0.1) is 23.7 Å². The first-order valence-corrected chi connectivity index (χ1v) is 8.31. The highest BCUT2D eigenvalue weighted by molar-refractivity contribution is 5.01. The Kier molecular flexibility index (Phi) is 3.15. The fourth-order valence-electron chi connectivity index (χ4n) is 4.76. The lowest BCUT2D eigenvalue weighted by Crippen LogP contribution is -2.28. The molecular weight excluding hydrogens is 236 g/mol. The van der Waals surface area contributed by atoms with E-state index >= 15 is 0 Å². The average molecular weight is 263 g/mol. The van der Waals surface area contributed by atoms with Crippen molar-refractivity contribution in [1.82, 2.24) is 0 Å². The summed E-state index contributed by atoms with van der Waals surface area (Å²) in [5, 5.41) is 0. The van der Waals surface area contributed by atoms with Crippen LogP contribution < -0.4 is 0 Å². The molecule has 2 aliphatic carbocycles. The minimum absolute atomic E-state index is 0.628. The SMILES string of the molecule is C[C](C)C(CC1CCC2OC2C1)C1CCC2OC2C1. The predicted molar refractivity (Wildman–Crippen MR) is 74.7 cm³/mol. The van der Waals surface area contributed by atoms with Crippen LogP contribution in [0.4, 0.5) is 0 Å². The first kappa shape index (κ1) is 12.6. The maximum Gasteiger partial charge on any atom is 0.0844 e. The Morgan fingerprint density at radius 3 is 2.21 bits per heavy atom. The highest BCUT2D eigenvalue weighted by atomic mass is 16.6. The summed E-state index contributed by atoms with van der Waals surface area (Å²) in [5.74, 6) is 4.31. The van der Waals surface area contributed by atoms with Gasteiger partial charge in [0.25, 0.3) is 0 Å². The molecule has 2 heterocycles. The third-order valence-electron chi connectivity index (χ3n) is 6.06. The van der Waals surface area contributed by atoms with Crippen molar-refractivity contribution in [1.29, 1.82) is 0 Å². The van der Waals surface area contributed by atoms with Gasteiger partial charge in [-0.15, -0.1) is 0 Å². The zero-order valence-electron chi connectivity index (χ0n) is 12.3. The number of epoxide rings is 2. The van der Waals surface area contributed by atoms with Gasteiger partial charge in [-0.2, -0.15) is 0 Å². The summed E-state index contributed by atoms with van der Waals surface area (Å²) in [6.45, 7) is 4.70. The molecule has 2 nitrogen and oxygen atoms in total. The molecule has 4 fully saturated rings. The molecular formula is C17H27O2. The number of rotatable bonds is 4. The van der Waals surface area contributed by atoms with Gasteiger partial charge in [0.2, 0.25) is 0 Å². The van der Waals surface area contributed by atoms with Crippen LogP contribution in [0.15, 0.2) is 0 Å². The average Bonchev–Trinajstić information content (AvgIpc) is 3.27. The predicted octanol–water partition coefficient (Wildman–Crippen LogP) is 3.74. The number of ether oxygens (including phenoxy) is 2. The summed E-state index contributed by atoms with van der Waals surface area (Å²) in [5.41, 5.74) is 0. The highest BCUT2D eigenvalue weighted by Gasteiger charge is 2.48. The molecule has 7 atom stereocenters. The molecule has 0 amide bonds. The van der Waals surface area contributed by atoms with Crippen LogP contribution >= 0.6 is 0 Å². The quantitative estimate of drug-likeness (QED) is 0.722. The monoisotopic (exact) mass is 263 g/mol. The molecule has 107 valence electrons. The largest absolute Gasteiger partial charge is 0.370 e. The topological polar surface area (TPSA) is 25.1 Å². The van der Waals surface area contributed by atoms with Crippen molar-refractivity contribution in [3.05, 3.63) is 5.92 Å². The first-order chi connectivity index (χ1) is 9.20. The molecule has 7 unspecified atom stereocenters. The summed E-state index contributed by atoms with van der Waals surface area (Å²) in [6, 6.07) is 0. The van der Waals surface area contributed by atoms with E-state index in [0.29, 0.717) is 24.4 Å². The normalized spacial score (nSPS) is 49.4. The summed E-state index contributed by atoms with van der Waals surface area (Å²) in [7, 11) is 0. The summed E-state index contributed by atoms with van der Waals surface area (Å²) < 4.78 is 11.4. The van der Waals surface area contributed by atoms with Gasteiger partial charge >= 0.3 is 0 Å². The highest BCUT2D eigenvalue weighted by Crippen LogP contribution is 2.48. The smallest absolute Gasteiger partial charge is 0.0844 e. The van der Waals surface area contributed by atoms with Crippen LogP contribution in [0.3, 0.4) is 0 Å². The molecule has 0 aromatic carbocycles. The Bertz CT molecular complexity index is 340. The van der Waals surface area contributed by atoms with Gasteiger partial charge in [-0.05, 0) is 68.6 Å². The van der Waals surface area contributed by atoms with Gasteiger partial charge < -0.3 is 9.47 Å². The Labute approximate surface area is 117 Å². The van der Waals surface area contributed by atoms with Gasteiger partial charge in [0.05, 0.1) is 24.4 Å². The maximum atomic E-state index is 5.72. The second-order valence-corrected chi connectivity index (χ2v) is 7.60. The van der Waals surface area contributed by atoms with Crippen LogP contribution in [-0.4, -0.2) is 24.4 Å². The Morgan fingerprint density at radius 1 is 0.895 bits per heavy atom. The number of hydrogen-bond acceptors (Lipinski definition) is 2. The van der Waals surface area contributed by atoms with Crippen molar-refractivity contribution in [3.8, 4) is 0 Å². The van der Waals surface area contributed by atoms with E-state index in [9.17, 15) is 0 Å². The second-order valence-electron chi connectivity index (χ2n) is 7.60. The molecule has 2 aliphatic heterocycles. The molecule has 4 rings (SSSR count). The van der Waals surface area contributed by atoms with Crippen LogP contribution in [0.5, 0.6) is 0 Å². The van der Waals surface area contributed by atoms with Gasteiger partial charge in [0, 0.05) is 0 Å². The van der Waals surface area contributed by atoms with E-state index in [1.165, 1.54) is 44.9 Å². The van der Waals surface area contributed by atoms with E-state index in [0.717, 1.165) is 17.8 Å². The molecule has 19 heavy (non-hydrogen) atoms. The van der Waals surface area contributed by atoms with Crippen molar-refractivity contribution >= 4 is 0 Å². The van der Waals surface area contributed by atoms with Crippen LogP contribution in [0.1, 0.15) is 58.8 Å². The first-order valence-electron chi connectivity index (χ1n) is 8.31. The standard InChI is InChI=1S/C17H27O2/c1-10(2)13(12-4-6-15-17(9-12)19-15)7-11-3-5-14-16(8-11)18-14/h11-17H,3-9H2,1-2H3. The zero-order valence-corrected chi connectivity index (χ0v) is 12.3. The fourth-order valence-corrected chi connectivity index (χ4v) is 4.76. The van der Waals surface area contributed by atoms with E-state index in [2.05, 4.69) is 13.8 Å². The van der Waals surface area contributed by atoms with Gasteiger partial charge in [0.15, 0.2) is 0 Å². The minimum atomic E-state index is 0.628. The lowest BCUT2D eigenvalue weighted by Gasteiger charge is -2.34. The fraction of sp³-hybridized carbons (Fsp3) is 0.941. The van der Waals surface area contributed by atoms with Crippen molar-refractivity contribution < 1.29 is 9.47 Å². The zero-order chi connectivity index (χ0) is 13.0. The van der Waals surface area contributed by atoms with Crippen molar-refractivity contribution in [2.75, 3.05) is 0 Å². The Balaban J connectivity index is 1.36. The van der Waals surface area contributed by atoms with Gasteiger partial charge in [-0.25, -0.2) is 0 Å². The van der Waals surface area contributed by atoms with E-state index in [1.807, 2.05) is 0 Å². The summed E-state index contributed by atoms with van der Waals surface area (Å²) >= 11 is 0. The van der Waals surface area contributed by atoms with Gasteiger partial charge in [-0.1, -0.05) is 13.8 Å². The molecule has 0 bridgehead atoms. The number of hydrogen-bond donors (Lipinski definition) is 0. The lowest BCUT2D eigenvalue weighted by molar-refractivity contribution is 0.212. The van der Waals surface area contributed by atoms with Crippen molar-refractivity contribution in [2.24, 2.45) is 17.8 Å². The van der Waals surface area contributed by atoms with E-state index < -0.39 is 0 Å². The van der Waals surface area contributed by atoms with Gasteiger partial charge in [0.1, 0.15) is 0 Å². The minimum Gasteiger partial charge on any atom is -0.370 e. The molecule has 1 radical (unpaired) electrons. The molecule has 0 N–H and O–H groups in total. The molecule has 4 aliphatic rings. The van der Waals surface area contributed by atoms with E-state index in [4.69, 9.17) is 9.47 Å². The maximum absolute atomic E-state index is 5.72. The summed E-state index contributed by atoms with van der Waals surface area (Å²) in [4.78, 5) is 0. The third-order valence-corrected chi connectivity index (χ3v) is 6.06. The van der Waals surface area contributed by atoms with Crippen molar-refractivity contribution in [2.45, 2.75) is 83.2 Å². The molecule has 2 saturated carbocycles. The van der Waals surface area contributed by atoms with Gasteiger partial charge in [-0.3, -0.25) is 0 Å². The summed E-state index contributed by atoms with van der Waals surface area (Å²) in [6.07, 6.45) is 12.1. The second kappa shape index (κ2) is 4.73. The number of fused-ring (bicyclic) bond motifs is 2. The third kappa shape index (κ3) is 2.58. The molecule has 0 spiro atoms. The van der Waals surface area contributed by atoms with E-state index in [1.54, 1.807) is 5.92 Å². The van der Waals surface area contributed by atoms with Crippen LogP contribution in [0.2, 0.25) is 0 Å². The van der Waals surface area contributed by atoms with E-state index in [-0.39, 0.29) is 0 Å². The van der Waals surface area contributed by atoms with Crippen LogP contribution in [-0.2, 0) is 9.47 Å². The Morgan fingerprint density at radius 2 is 1.58 bits per heavy atom. The Hall–Kier alpha value is -0.0800. The lowest BCUT2D eigenvalue weighted by atomic mass is 9.69. The molecule has 2 heteroatoms. The molecule has 0 aromatic heterocycles.